The minimum atomic E-state index is -0.282. The number of hydrogen-bond acceptors (Lipinski definition) is 4. The molecule has 0 spiro atoms. The summed E-state index contributed by atoms with van der Waals surface area (Å²) in [5.41, 5.74) is 1.04. The van der Waals surface area contributed by atoms with Crippen molar-refractivity contribution < 1.29 is 14.3 Å². The molecule has 1 amide bonds. The van der Waals surface area contributed by atoms with Crippen molar-refractivity contribution in [3.8, 4) is 5.75 Å². The second kappa shape index (κ2) is 7.24. The molecular weight excluding hydrogens is 316 g/mol. The lowest BCUT2D eigenvalue weighted by Crippen LogP contribution is -2.50. The number of nitrogens with zero attached hydrogens (tertiary/aromatic N) is 1. The Bertz CT molecular complexity index is 603. The van der Waals surface area contributed by atoms with Gasteiger partial charge < -0.3 is 14.8 Å². The lowest BCUT2D eigenvalue weighted by Gasteiger charge is -2.43. The minimum Gasteiger partial charge on any atom is -0.497 e. The van der Waals surface area contributed by atoms with E-state index in [1.54, 1.807) is 7.11 Å². The molecule has 1 saturated carbocycles. The molecule has 5 nitrogen and oxygen atoms in total. The molecule has 4 rings (SSSR count). The predicted molar refractivity (Wildman–Crippen MR) is 95.5 cm³/mol. The van der Waals surface area contributed by atoms with E-state index in [-0.39, 0.29) is 12.2 Å². The van der Waals surface area contributed by atoms with Gasteiger partial charge in [-0.2, -0.15) is 0 Å². The van der Waals surface area contributed by atoms with Crippen LogP contribution in [-0.4, -0.2) is 43.3 Å². The van der Waals surface area contributed by atoms with E-state index in [0.29, 0.717) is 24.4 Å². The van der Waals surface area contributed by atoms with Gasteiger partial charge in [-0.15, -0.1) is 0 Å². The summed E-state index contributed by atoms with van der Waals surface area (Å²) in [5.74, 6) is 2.06. The maximum Gasteiger partial charge on any atom is 0.407 e. The molecule has 1 N–H and O–H groups in total. The van der Waals surface area contributed by atoms with Crippen molar-refractivity contribution in [3.05, 3.63) is 29.8 Å². The Labute approximate surface area is 149 Å². The van der Waals surface area contributed by atoms with Gasteiger partial charge in [-0.3, -0.25) is 4.90 Å². The van der Waals surface area contributed by atoms with Gasteiger partial charge in [-0.25, -0.2) is 4.79 Å². The van der Waals surface area contributed by atoms with Crippen molar-refractivity contribution in [2.75, 3.05) is 20.2 Å². The minimum absolute atomic E-state index is 0.0916. The predicted octanol–water partition coefficient (Wildman–Crippen LogP) is 3.18. The lowest BCUT2D eigenvalue weighted by molar-refractivity contribution is 0.0145. The lowest BCUT2D eigenvalue weighted by atomic mass is 9.84. The third-order valence-corrected chi connectivity index (χ3v) is 6.15. The summed E-state index contributed by atoms with van der Waals surface area (Å²) in [7, 11) is 1.65. The first-order chi connectivity index (χ1) is 12.2. The summed E-state index contributed by atoms with van der Waals surface area (Å²) in [4.78, 5) is 14.9. The van der Waals surface area contributed by atoms with Gasteiger partial charge in [-0.1, -0.05) is 18.6 Å². The summed E-state index contributed by atoms with van der Waals surface area (Å²) >= 11 is 0. The van der Waals surface area contributed by atoms with Gasteiger partial charge in [0.1, 0.15) is 11.9 Å². The third-order valence-electron chi connectivity index (χ3n) is 6.15. The van der Waals surface area contributed by atoms with Crippen molar-refractivity contribution in [2.45, 2.75) is 50.8 Å². The molecule has 2 saturated heterocycles. The molecule has 1 aliphatic carbocycles. The van der Waals surface area contributed by atoms with Gasteiger partial charge in [0, 0.05) is 25.0 Å². The maximum atomic E-state index is 12.3. The van der Waals surface area contributed by atoms with Gasteiger partial charge in [0.15, 0.2) is 0 Å². The van der Waals surface area contributed by atoms with Gasteiger partial charge in [0.05, 0.1) is 7.11 Å². The number of alkyl carbamates (subject to hydrolysis) is 1. The van der Waals surface area contributed by atoms with Crippen LogP contribution >= 0.6 is 0 Å². The summed E-state index contributed by atoms with van der Waals surface area (Å²) in [6, 6.07) is 8.36. The van der Waals surface area contributed by atoms with Crippen LogP contribution in [0.2, 0.25) is 0 Å². The van der Waals surface area contributed by atoms with Crippen molar-refractivity contribution in [3.63, 3.8) is 0 Å². The molecule has 2 aliphatic heterocycles. The second-order valence-corrected chi connectivity index (χ2v) is 7.70. The number of piperidine rings is 2. The number of carbonyl (C=O) groups excluding carboxylic acids is 1. The first-order valence-electron chi connectivity index (χ1n) is 9.54. The van der Waals surface area contributed by atoms with Crippen LogP contribution in [0.5, 0.6) is 5.75 Å². The normalized spacial score (nSPS) is 31.2. The van der Waals surface area contributed by atoms with E-state index in [9.17, 15) is 4.79 Å². The molecule has 1 aromatic rings. The Balaban J connectivity index is 1.30. The molecule has 0 aromatic heterocycles. The number of fused-ring (bicyclic) bond motifs is 4. The monoisotopic (exact) mass is 344 g/mol. The van der Waals surface area contributed by atoms with E-state index >= 15 is 0 Å². The van der Waals surface area contributed by atoms with E-state index < -0.39 is 0 Å². The fraction of sp³-hybridized carbons (Fsp3) is 0.650. The molecule has 0 radical (unpaired) electrons. The summed E-state index contributed by atoms with van der Waals surface area (Å²) < 4.78 is 11.0. The first-order valence-corrected chi connectivity index (χ1v) is 9.54. The molecule has 25 heavy (non-hydrogen) atoms. The summed E-state index contributed by atoms with van der Waals surface area (Å²) in [6.07, 6.45) is 5.99. The molecule has 2 heterocycles. The molecule has 0 unspecified atom stereocenters. The van der Waals surface area contributed by atoms with E-state index in [1.807, 2.05) is 24.3 Å². The highest BCUT2D eigenvalue weighted by atomic mass is 16.6. The zero-order valence-corrected chi connectivity index (χ0v) is 14.9. The molecule has 3 fully saturated rings. The summed E-state index contributed by atoms with van der Waals surface area (Å²) in [5, 5.41) is 2.90. The Kier molecular flexibility index (Phi) is 4.84. The number of ether oxygens (including phenoxy) is 2. The quantitative estimate of drug-likeness (QED) is 0.911. The van der Waals surface area contributed by atoms with Crippen LogP contribution in [0.1, 0.15) is 37.7 Å². The van der Waals surface area contributed by atoms with Crippen molar-refractivity contribution >= 4 is 6.09 Å². The van der Waals surface area contributed by atoms with E-state index in [4.69, 9.17) is 9.47 Å². The number of hydrogen-bond donors (Lipinski definition) is 1. The fourth-order valence-electron chi connectivity index (χ4n) is 4.98. The highest BCUT2D eigenvalue weighted by Gasteiger charge is 2.48. The van der Waals surface area contributed by atoms with Gasteiger partial charge in [0.25, 0.3) is 0 Å². The number of methoxy groups -OCH3 is 1. The Hall–Kier alpha value is -1.75. The van der Waals surface area contributed by atoms with E-state index in [1.165, 1.54) is 38.8 Å². The number of rotatable bonds is 4. The molecule has 4 atom stereocenters. The van der Waals surface area contributed by atoms with Gasteiger partial charge in [0.2, 0.25) is 0 Å². The number of benzene rings is 1. The van der Waals surface area contributed by atoms with Crippen LogP contribution in [0.25, 0.3) is 0 Å². The van der Waals surface area contributed by atoms with Gasteiger partial charge >= 0.3 is 6.09 Å². The van der Waals surface area contributed by atoms with Crippen LogP contribution in [0, 0.1) is 11.8 Å². The van der Waals surface area contributed by atoms with Crippen molar-refractivity contribution in [2.24, 2.45) is 11.8 Å². The van der Waals surface area contributed by atoms with Crippen LogP contribution in [-0.2, 0) is 11.3 Å². The highest BCUT2D eigenvalue weighted by molar-refractivity contribution is 5.67. The maximum absolute atomic E-state index is 12.3. The Morgan fingerprint density at radius 2 is 2.08 bits per heavy atom. The molecule has 1 aromatic carbocycles. The molecule has 136 valence electrons. The SMILES string of the molecule is COc1ccc(CNC(=O)O[C@@H]2C[C@H]3C[C@@H]2[C@H]2CCCCN2C3)cc1. The van der Waals surface area contributed by atoms with Gasteiger partial charge in [-0.05, 0) is 55.8 Å². The number of nitrogens with one attached hydrogen (secondary N) is 1. The highest BCUT2D eigenvalue weighted by Crippen LogP contribution is 2.44. The first kappa shape index (κ1) is 16.7. The van der Waals surface area contributed by atoms with Crippen LogP contribution in [0.3, 0.4) is 0 Å². The number of amides is 1. The Morgan fingerprint density at radius 3 is 2.88 bits per heavy atom. The van der Waals surface area contributed by atoms with Crippen LogP contribution in [0.15, 0.2) is 24.3 Å². The number of carbonyl (C=O) groups is 1. The smallest absolute Gasteiger partial charge is 0.407 e. The van der Waals surface area contributed by atoms with Crippen molar-refractivity contribution in [1.82, 2.24) is 10.2 Å². The average Bonchev–Trinajstić information content (AvgIpc) is 2.97. The molecular formula is C20H28N2O3. The van der Waals surface area contributed by atoms with E-state index in [2.05, 4.69) is 10.2 Å². The average molecular weight is 344 g/mol. The van der Waals surface area contributed by atoms with E-state index in [0.717, 1.165) is 17.7 Å². The fourth-order valence-corrected chi connectivity index (χ4v) is 4.98. The standard InChI is InChI=1S/C20H28N2O3/c1-24-16-7-5-14(6-8-16)12-21-20(23)25-19-11-15-10-17(19)18-4-2-3-9-22(18)13-15/h5-8,15,17-19H,2-4,9-13H2,1H3,(H,21,23)/t15-,17-,18-,19-/m1/s1. The molecule has 3 aliphatic rings. The zero-order valence-electron chi connectivity index (χ0n) is 14.9. The molecule has 5 heteroatoms. The van der Waals surface area contributed by atoms with Crippen LogP contribution in [0.4, 0.5) is 4.79 Å². The molecule has 2 bridgehead atoms. The zero-order chi connectivity index (χ0) is 17.2. The van der Waals surface area contributed by atoms with Crippen LogP contribution < -0.4 is 10.1 Å². The third kappa shape index (κ3) is 3.61. The van der Waals surface area contributed by atoms with Crippen molar-refractivity contribution in [1.29, 1.82) is 0 Å². The topological polar surface area (TPSA) is 50.8 Å². The summed E-state index contributed by atoms with van der Waals surface area (Å²) in [6.45, 7) is 2.92. The second-order valence-electron chi connectivity index (χ2n) is 7.70. The largest absolute Gasteiger partial charge is 0.497 e. The Morgan fingerprint density at radius 1 is 1.24 bits per heavy atom.